The van der Waals surface area contributed by atoms with Gasteiger partial charge < -0.3 is 5.73 Å². The van der Waals surface area contributed by atoms with Crippen LogP contribution in [0.2, 0.25) is 0 Å². The van der Waals surface area contributed by atoms with Crippen molar-refractivity contribution in [3.05, 3.63) is 18.0 Å². The van der Waals surface area contributed by atoms with Crippen molar-refractivity contribution in [1.82, 2.24) is 9.78 Å². The number of nitrogens with two attached hydrogens (primary N) is 1. The molecule has 2 N–H and O–H groups in total. The summed E-state index contributed by atoms with van der Waals surface area (Å²) in [6, 6.07) is 0.184. The van der Waals surface area contributed by atoms with E-state index in [0.29, 0.717) is 0 Å². The lowest BCUT2D eigenvalue weighted by Crippen LogP contribution is -2.17. The Labute approximate surface area is 104 Å². The van der Waals surface area contributed by atoms with Gasteiger partial charge in [-0.05, 0) is 18.8 Å². The van der Waals surface area contributed by atoms with Crippen LogP contribution in [0.4, 0.5) is 0 Å². The number of rotatable bonds is 5. The summed E-state index contributed by atoms with van der Waals surface area (Å²) in [4.78, 5) is 0. The van der Waals surface area contributed by atoms with Crippen LogP contribution in [-0.4, -0.2) is 9.78 Å². The van der Waals surface area contributed by atoms with Crippen LogP contribution in [0.5, 0.6) is 0 Å². The summed E-state index contributed by atoms with van der Waals surface area (Å²) in [5, 5.41) is 4.36. The molecule has 0 aliphatic heterocycles. The van der Waals surface area contributed by atoms with Crippen molar-refractivity contribution in [1.29, 1.82) is 0 Å². The Hall–Kier alpha value is -0.830. The Morgan fingerprint density at radius 1 is 1.41 bits per heavy atom. The van der Waals surface area contributed by atoms with E-state index in [1.54, 1.807) is 0 Å². The van der Waals surface area contributed by atoms with Crippen LogP contribution in [0.25, 0.3) is 0 Å². The van der Waals surface area contributed by atoms with E-state index in [1.807, 2.05) is 10.9 Å². The van der Waals surface area contributed by atoms with Crippen LogP contribution >= 0.6 is 0 Å². The van der Waals surface area contributed by atoms with Gasteiger partial charge in [-0.2, -0.15) is 5.10 Å². The van der Waals surface area contributed by atoms with Crippen LogP contribution in [-0.2, 0) is 6.54 Å². The Morgan fingerprint density at radius 3 is 2.88 bits per heavy atom. The molecular weight excluding hydrogens is 210 g/mol. The van der Waals surface area contributed by atoms with Crippen molar-refractivity contribution in [2.24, 2.45) is 11.7 Å². The van der Waals surface area contributed by atoms with Gasteiger partial charge in [0.1, 0.15) is 0 Å². The van der Waals surface area contributed by atoms with Crippen LogP contribution < -0.4 is 5.73 Å². The minimum Gasteiger partial charge on any atom is -0.324 e. The van der Waals surface area contributed by atoms with Crippen molar-refractivity contribution in [3.63, 3.8) is 0 Å². The minimum absolute atomic E-state index is 0.184. The van der Waals surface area contributed by atoms with Gasteiger partial charge in [0.05, 0.1) is 6.20 Å². The van der Waals surface area contributed by atoms with E-state index in [2.05, 4.69) is 18.2 Å². The molecule has 0 radical (unpaired) electrons. The van der Waals surface area contributed by atoms with E-state index in [0.717, 1.165) is 25.3 Å². The zero-order valence-electron chi connectivity index (χ0n) is 10.9. The number of hydrogen-bond acceptors (Lipinski definition) is 2. The Morgan fingerprint density at radius 2 is 2.18 bits per heavy atom. The first-order valence-electron chi connectivity index (χ1n) is 7.07. The standard InChI is InChI=1S/C14H25N3/c1-2-8-17-11-13(10-16-17)14(15)9-12-6-4-3-5-7-12/h10-12,14H,2-9,15H2,1H3. The van der Waals surface area contributed by atoms with Crippen LogP contribution in [0, 0.1) is 5.92 Å². The first kappa shape index (κ1) is 12.6. The van der Waals surface area contributed by atoms with E-state index in [-0.39, 0.29) is 6.04 Å². The van der Waals surface area contributed by atoms with E-state index >= 15 is 0 Å². The van der Waals surface area contributed by atoms with E-state index in [1.165, 1.54) is 37.7 Å². The third-order valence-corrected chi connectivity index (χ3v) is 3.85. The lowest BCUT2D eigenvalue weighted by atomic mass is 9.84. The topological polar surface area (TPSA) is 43.8 Å². The molecule has 3 heteroatoms. The van der Waals surface area contributed by atoms with Gasteiger partial charge in [-0.25, -0.2) is 0 Å². The molecule has 0 saturated heterocycles. The predicted octanol–water partition coefficient (Wildman–Crippen LogP) is 3.26. The highest BCUT2D eigenvalue weighted by atomic mass is 15.3. The molecule has 0 bridgehead atoms. The molecule has 1 fully saturated rings. The molecule has 3 nitrogen and oxygen atoms in total. The zero-order valence-corrected chi connectivity index (χ0v) is 10.9. The average Bonchev–Trinajstić information content (AvgIpc) is 2.79. The monoisotopic (exact) mass is 235 g/mol. The molecule has 1 unspecified atom stereocenters. The van der Waals surface area contributed by atoms with Gasteiger partial charge >= 0.3 is 0 Å². The first-order valence-corrected chi connectivity index (χ1v) is 7.07. The molecule has 17 heavy (non-hydrogen) atoms. The van der Waals surface area contributed by atoms with Crippen molar-refractivity contribution in [2.45, 2.75) is 64.5 Å². The van der Waals surface area contributed by atoms with Gasteiger partial charge in [0.15, 0.2) is 0 Å². The largest absolute Gasteiger partial charge is 0.324 e. The van der Waals surface area contributed by atoms with E-state index in [4.69, 9.17) is 5.73 Å². The van der Waals surface area contributed by atoms with Crippen molar-refractivity contribution >= 4 is 0 Å². The molecule has 1 saturated carbocycles. The summed E-state index contributed by atoms with van der Waals surface area (Å²) in [6.07, 6.45) is 13.3. The fourth-order valence-electron chi connectivity index (χ4n) is 2.84. The molecule has 2 rings (SSSR count). The maximum atomic E-state index is 6.28. The lowest BCUT2D eigenvalue weighted by Gasteiger charge is -2.24. The molecule has 96 valence electrons. The highest BCUT2D eigenvalue weighted by molar-refractivity contribution is 5.09. The van der Waals surface area contributed by atoms with Gasteiger partial charge in [0.2, 0.25) is 0 Å². The van der Waals surface area contributed by atoms with E-state index < -0.39 is 0 Å². The summed E-state index contributed by atoms with van der Waals surface area (Å²) in [5.74, 6) is 0.841. The summed E-state index contributed by atoms with van der Waals surface area (Å²) in [6.45, 7) is 3.17. The molecule has 0 aromatic carbocycles. The second-order valence-corrected chi connectivity index (χ2v) is 5.38. The van der Waals surface area contributed by atoms with E-state index in [9.17, 15) is 0 Å². The predicted molar refractivity (Wildman–Crippen MR) is 70.6 cm³/mol. The summed E-state index contributed by atoms with van der Waals surface area (Å²) < 4.78 is 2.01. The Kier molecular flexibility index (Phi) is 4.60. The summed E-state index contributed by atoms with van der Waals surface area (Å²) >= 11 is 0. The van der Waals surface area contributed by atoms with Crippen molar-refractivity contribution in [2.75, 3.05) is 0 Å². The normalized spacial score (nSPS) is 19.4. The quantitative estimate of drug-likeness (QED) is 0.851. The average molecular weight is 235 g/mol. The van der Waals surface area contributed by atoms with Crippen LogP contribution in [0.1, 0.15) is 63.5 Å². The molecule has 1 heterocycles. The second-order valence-electron chi connectivity index (χ2n) is 5.38. The Balaban J connectivity index is 1.86. The van der Waals surface area contributed by atoms with Gasteiger partial charge in [-0.15, -0.1) is 0 Å². The third-order valence-electron chi connectivity index (χ3n) is 3.85. The molecule has 1 aromatic rings. The fourth-order valence-corrected chi connectivity index (χ4v) is 2.84. The van der Waals surface area contributed by atoms with Gasteiger partial charge in [0, 0.05) is 24.3 Å². The fraction of sp³-hybridized carbons (Fsp3) is 0.786. The molecule has 0 spiro atoms. The van der Waals surface area contributed by atoms with Crippen molar-refractivity contribution < 1.29 is 0 Å². The number of aryl methyl sites for hydroxylation is 1. The van der Waals surface area contributed by atoms with Gasteiger partial charge in [-0.3, -0.25) is 4.68 Å². The third kappa shape index (κ3) is 3.56. The molecular formula is C14H25N3. The van der Waals surface area contributed by atoms with Gasteiger partial charge in [-0.1, -0.05) is 39.0 Å². The lowest BCUT2D eigenvalue weighted by molar-refractivity contribution is 0.319. The summed E-state index contributed by atoms with van der Waals surface area (Å²) in [5.41, 5.74) is 7.49. The highest BCUT2D eigenvalue weighted by Gasteiger charge is 2.18. The summed E-state index contributed by atoms with van der Waals surface area (Å²) in [7, 11) is 0. The molecule has 1 atom stereocenters. The van der Waals surface area contributed by atoms with Crippen LogP contribution in [0.3, 0.4) is 0 Å². The molecule has 1 aromatic heterocycles. The maximum absolute atomic E-state index is 6.28. The highest BCUT2D eigenvalue weighted by Crippen LogP contribution is 2.30. The molecule has 0 amide bonds. The van der Waals surface area contributed by atoms with Crippen molar-refractivity contribution in [3.8, 4) is 0 Å². The van der Waals surface area contributed by atoms with Gasteiger partial charge in [0.25, 0.3) is 0 Å². The maximum Gasteiger partial charge on any atom is 0.0537 e. The zero-order chi connectivity index (χ0) is 12.1. The second kappa shape index (κ2) is 6.20. The minimum atomic E-state index is 0.184. The SMILES string of the molecule is CCCn1cc(C(N)CC2CCCCC2)cn1. The number of hydrogen-bond donors (Lipinski definition) is 1. The number of aromatic nitrogens is 2. The Bertz CT molecular complexity index is 326. The van der Waals surface area contributed by atoms with Crippen LogP contribution in [0.15, 0.2) is 12.4 Å². The molecule has 1 aliphatic carbocycles. The smallest absolute Gasteiger partial charge is 0.0537 e. The first-order chi connectivity index (χ1) is 8.29. The number of nitrogens with zero attached hydrogens (tertiary/aromatic N) is 2. The molecule has 1 aliphatic rings.